The van der Waals surface area contributed by atoms with Gasteiger partial charge in [-0.15, -0.1) is 0 Å². The third-order valence-corrected chi connectivity index (χ3v) is 2.00. The molecule has 0 aliphatic carbocycles. The van der Waals surface area contributed by atoms with Gasteiger partial charge in [0.05, 0.1) is 11.3 Å². The van der Waals surface area contributed by atoms with E-state index in [-0.39, 0.29) is 11.3 Å². The number of nitrogens with zero attached hydrogens (tertiary/aromatic N) is 1. The number of carboxylic acids is 1. The first-order chi connectivity index (χ1) is 6.43. The lowest BCUT2D eigenvalue weighted by molar-refractivity contribution is 0.0697. The zero-order valence-electron chi connectivity index (χ0n) is 8.40. The maximum atomic E-state index is 11.0. The molecular formula is C10H13NO3. The van der Waals surface area contributed by atoms with Crippen molar-refractivity contribution in [1.29, 1.82) is 0 Å². The van der Waals surface area contributed by atoms with Crippen molar-refractivity contribution in [3.8, 4) is 5.75 Å². The van der Waals surface area contributed by atoms with Crippen LogP contribution in [0.3, 0.4) is 0 Å². The van der Waals surface area contributed by atoms with Gasteiger partial charge in [-0.2, -0.15) is 0 Å². The van der Waals surface area contributed by atoms with Crippen LogP contribution in [-0.2, 0) is 0 Å². The lowest BCUT2D eigenvalue weighted by Gasteiger charge is -2.17. The first-order valence-electron chi connectivity index (χ1n) is 4.17. The van der Waals surface area contributed by atoms with Crippen molar-refractivity contribution in [2.45, 2.75) is 6.92 Å². The molecule has 14 heavy (non-hydrogen) atoms. The fourth-order valence-electron chi connectivity index (χ4n) is 1.38. The topological polar surface area (TPSA) is 60.8 Å². The molecule has 0 fully saturated rings. The maximum absolute atomic E-state index is 11.0. The highest BCUT2D eigenvalue weighted by Gasteiger charge is 2.15. The molecule has 0 bridgehead atoms. The third kappa shape index (κ3) is 1.79. The number of rotatable bonds is 2. The molecule has 1 aromatic carbocycles. The van der Waals surface area contributed by atoms with Crippen LogP contribution in [0.4, 0.5) is 5.69 Å². The predicted molar refractivity (Wildman–Crippen MR) is 54.1 cm³/mol. The Balaban J connectivity index is 3.44. The number of hydrogen-bond acceptors (Lipinski definition) is 3. The van der Waals surface area contributed by atoms with Gasteiger partial charge >= 0.3 is 5.97 Å². The van der Waals surface area contributed by atoms with Crippen LogP contribution in [-0.4, -0.2) is 30.3 Å². The summed E-state index contributed by atoms with van der Waals surface area (Å²) in [4.78, 5) is 12.6. The van der Waals surface area contributed by atoms with Crippen LogP contribution in [0, 0.1) is 6.92 Å². The number of anilines is 1. The first kappa shape index (κ1) is 10.4. The van der Waals surface area contributed by atoms with Crippen molar-refractivity contribution >= 4 is 11.7 Å². The van der Waals surface area contributed by atoms with E-state index in [1.54, 1.807) is 25.9 Å². The second-order valence-electron chi connectivity index (χ2n) is 3.36. The van der Waals surface area contributed by atoms with Crippen molar-refractivity contribution in [1.82, 2.24) is 0 Å². The summed E-state index contributed by atoms with van der Waals surface area (Å²) in [6.45, 7) is 1.66. The molecule has 0 spiro atoms. The van der Waals surface area contributed by atoms with Gasteiger partial charge in [-0.05, 0) is 18.6 Å². The number of carboxylic acid groups (broad SMARTS) is 1. The lowest BCUT2D eigenvalue weighted by atomic mass is 10.1. The summed E-state index contributed by atoms with van der Waals surface area (Å²) in [5.74, 6) is -0.901. The van der Waals surface area contributed by atoms with Crippen molar-refractivity contribution in [3.05, 3.63) is 23.3 Å². The maximum Gasteiger partial charge on any atom is 0.338 e. The van der Waals surface area contributed by atoms with Crippen molar-refractivity contribution in [3.63, 3.8) is 0 Å². The minimum Gasteiger partial charge on any atom is -0.508 e. The normalized spacial score (nSPS) is 9.93. The van der Waals surface area contributed by atoms with Gasteiger partial charge in [-0.25, -0.2) is 4.79 Å². The molecule has 0 aromatic heterocycles. The zero-order chi connectivity index (χ0) is 10.9. The molecule has 4 heteroatoms. The van der Waals surface area contributed by atoms with Crippen molar-refractivity contribution in [2.75, 3.05) is 19.0 Å². The van der Waals surface area contributed by atoms with Crippen LogP contribution in [0.2, 0.25) is 0 Å². The van der Waals surface area contributed by atoms with Gasteiger partial charge < -0.3 is 15.1 Å². The third-order valence-electron chi connectivity index (χ3n) is 2.00. The van der Waals surface area contributed by atoms with Gasteiger partial charge in [0, 0.05) is 20.2 Å². The molecule has 1 aromatic rings. The summed E-state index contributed by atoms with van der Waals surface area (Å²) in [6, 6.07) is 2.88. The Morgan fingerprint density at radius 3 is 2.36 bits per heavy atom. The molecule has 4 nitrogen and oxygen atoms in total. The van der Waals surface area contributed by atoms with Crippen LogP contribution in [0.1, 0.15) is 15.9 Å². The van der Waals surface area contributed by atoms with Crippen molar-refractivity contribution in [2.24, 2.45) is 0 Å². The van der Waals surface area contributed by atoms with E-state index in [2.05, 4.69) is 0 Å². The van der Waals surface area contributed by atoms with Gasteiger partial charge in [0.1, 0.15) is 5.75 Å². The molecular weight excluding hydrogens is 182 g/mol. The summed E-state index contributed by atoms with van der Waals surface area (Å²) in [5.41, 5.74) is 1.30. The average Bonchev–Trinajstić information content (AvgIpc) is 2.01. The van der Waals surface area contributed by atoms with Gasteiger partial charge in [-0.3, -0.25) is 0 Å². The molecule has 0 atom stereocenters. The van der Waals surface area contributed by atoms with Crippen LogP contribution in [0.5, 0.6) is 5.75 Å². The Morgan fingerprint density at radius 2 is 1.93 bits per heavy atom. The minimum absolute atomic E-state index is 0.0798. The number of benzene rings is 1. The molecule has 0 saturated carbocycles. The van der Waals surface area contributed by atoms with E-state index in [4.69, 9.17) is 5.11 Å². The van der Waals surface area contributed by atoms with E-state index >= 15 is 0 Å². The Morgan fingerprint density at radius 1 is 1.36 bits per heavy atom. The Kier molecular flexibility index (Phi) is 2.65. The Hall–Kier alpha value is -1.71. The molecule has 76 valence electrons. The predicted octanol–water partition coefficient (Wildman–Crippen LogP) is 1.46. The van der Waals surface area contributed by atoms with Crippen LogP contribution in [0.15, 0.2) is 12.1 Å². The number of hydrogen-bond donors (Lipinski definition) is 2. The summed E-state index contributed by atoms with van der Waals surface area (Å²) in [6.07, 6.45) is 0. The SMILES string of the molecule is Cc1cc(O)cc(N(C)C)c1C(=O)O. The van der Waals surface area contributed by atoms with Gasteiger partial charge in [0.15, 0.2) is 0 Å². The quantitative estimate of drug-likeness (QED) is 0.750. The minimum atomic E-state index is -0.980. The number of aryl methyl sites for hydroxylation is 1. The fourth-order valence-corrected chi connectivity index (χ4v) is 1.38. The summed E-state index contributed by atoms with van der Waals surface area (Å²) in [5, 5.41) is 18.3. The highest BCUT2D eigenvalue weighted by atomic mass is 16.4. The fraction of sp³-hybridized carbons (Fsp3) is 0.300. The summed E-state index contributed by atoms with van der Waals surface area (Å²) in [7, 11) is 3.47. The van der Waals surface area contributed by atoms with Crippen LogP contribution >= 0.6 is 0 Å². The van der Waals surface area contributed by atoms with Crippen molar-refractivity contribution < 1.29 is 15.0 Å². The molecule has 0 heterocycles. The molecule has 0 unspecified atom stereocenters. The molecule has 0 amide bonds. The average molecular weight is 195 g/mol. The monoisotopic (exact) mass is 195 g/mol. The molecule has 2 N–H and O–H groups in total. The molecule has 0 aliphatic heterocycles. The van der Waals surface area contributed by atoms with E-state index in [0.29, 0.717) is 11.3 Å². The number of phenolic OH excluding ortho intramolecular Hbond substituents is 1. The second kappa shape index (κ2) is 3.57. The summed E-state index contributed by atoms with van der Waals surface area (Å²) < 4.78 is 0. The van der Waals surface area contributed by atoms with Crippen LogP contribution < -0.4 is 4.90 Å². The smallest absolute Gasteiger partial charge is 0.338 e. The molecule has 1 rings (SSSR count). The standard InChI is InChI=1S/C10H13NO3/c1-6-4-7(12)5-8(11(2)3)9(6)10(13)14/h4-5,12H,1-3H3,(H,13,14). The molecule has 0 saturated heterocycles. The highest BCUT2D eigenvalue weighted by molar-refractivity contribution is 5.96. The number of carbonyl (C=O) groups is 1. The first-order valence-corrected chi connectivity index (χ1v) is 4.17. The molecule has 0 aliphatic rings. The number of phenols is 1. The Bertz CT molecular complexity index is 372. The van der Waals surface area contributed by atoms with E-state index in [1.807, 2.05) is 0 Å². The van der Waals surface area contributed by atoms with E-state index in [0.717, 1.165) is 0 Å². The van der Waals surface area contributed by atoms with Crippen LogP contribution in [0.25, 0.3) is 0 Å². The largest absolute Gasteiger partial charge is 0.508 e. The number of aromatic carboxylic acids is 1. The van der Waals surface area contributed by atoms with E-state index in [9.17, 15) is 9.90 Å². The molecule has 0 radical (unpaired) electrons. The van der Waals surface area contributed by atoms with E-state index in [1.165, 1.54) is 12.1 Å². The van der Waals surface area contributed by atoms with Gasteiger partial charge in [-0.1, -0.05) is 0 Å². The lowest BCUT2D eigenvalue weighted by Crippen LogP contribution is -2.14. The summed E-state index contributed by atoms with van der Waals surface area (Å²) >= 11 is 0. The van der Waals surface area contributed by atoms with Gasteiger partial charge in [0.2, 0.25) is 0 Å². The Labute approximate surface area is 82.4 Å². The van der Waals surface area contributed by atoms with E-state index < -0.39 is 5.97 Å². The highest BCUT2D eigenvalue weighted by Crippen LogP contribution is 2.27. The number of aromatic hydroxyl groups is 1. The van der Waals surface area contributed by atoms with Gasteiger partial charge in [0.25, 0.3) is 0 Å². The zero-order valence-corrected chi connectivity index (χ0v) is 8.40. The second-order valence-corrected chi connectivity index (χ2v) is 3.36.